The molecule has 3 rings (SSSR count). The van der Waals surface area contributed by atoms with Gasteiger partial charge in [0, 0.05) is 19.3 Å². The molecule has 1 aliphatic rings. The standard InChI is InChI=1S/C20H24N2O2S/c1-16-7-6-8-18(13-16)15-21-19-10-9-17(2)14-20(19)25(23,24)22-11-4-3-5-12-22/h6-10,13-15H,3-5,11-12H2,1-2H3. The summed E-state index contributed by atoms with van der Waals surface area (Å²) in [4.78, 5) is 4.79. The predicted octanol–water partition coefficient (Wildman–Crippen LogP) is 4.23. The number of aryl methyl sites for hydroxylation is 2. The van der Waals surface area contributed by atoms with Crippen molar-refractivity contribution >= 4 is 21.9 Å². The fourth-order valence-electron chi connectivity index (χ4n) is 3.07. The van der Waals surface area contributed by atoms with Gasteiger partial charge in [0.25, 0.3) is 0 Å². The zero-order chi connectivity index (χ0) is 17.9. The average molecular weight is 356 g/mol. The second-order valence-electron chi connectivity index (χ2n) is 6.61. The molecule has 0 saturated carbocycles. The third-order valence-electron chi connectivity index (χ3n) is 4.44. The summed E-state index contributed by atoms with van der Waals surface area (Å²) >= 11 is 0. The molecule has 4 nitrogen and oxygen atoms in total. The molecule has 2 aromatic rings. The van der Waals surface area contributed by atoms with Crippen molar-refractivity contribution in [3.05, 3.63) is 59.2 Å². The van der Waals surface area contributed by atoms with Crippen molar-refractivity contribution in [2.24, 2.45) is 4.99 Å². The summed E-state index contributed by atoms with van der Waals surface area (Å²) in [7, 11) is -3.51. The van der Waals surface area contributed by atoms with E-state index in [-0.39, 0.29) is 0 Å². The van der Waals surface area contributed by atoms with E-state index in [1.807, 2.05) is 44.2 Å². The molecule has 132 valence electrons. The highest BCUT2D eigenvalue weighted by atomic mass is 32.2. The van der Waals surface area contributed by atoms with Gasteiger partial charge in [-0.2, -0.15) is 4.31 Å². The van der Waals surface area contributed by atoms with Crippen LogP contribution in [-0.4, -0.2) is 32.0 Å². The molecule has 0 bridgehead atoms. The molecular formula is C20H24N2O2S. The SMILES string of the molecule is Cc1cccc(C=Nc2ccc(C)cc2S(=O)(=O)N2CCCCC2)c1. The maximum atomic E-state index is 13.1. The maximum absolute atomic E-state index is 13.1. The Morgan fingerprint density at radius 2 is 1.68 bits per heavy atom. The van der Waals surface area contributed by atoms with Gasteiger partial charge in [-0.3, -0.25) is 4.99 Å². The van der Waals surface area contributed by atoms with Gasteiger partial charge in [0.15, 0.2) is 0 Å². The Morgan fingerprint density at radius 1 is 0.960 bits per heavy atom. The summed E-state index contributed by atoms with van der Waals surface area (Å²) in [5, 5.41) is 0. The molecule has 2 aromatic carbocycles. The minimum absolute atomic E-state index is 0.304. The molecule has 0 radical (unpaired) electrons. The smallest absolute Gasteiger partial charge is 0.245 e. The van der Waals surface area contributed by atoms with E-state index in [1.165, 1.54) is 0 Å². The van der Waals surface area contributed by atoms with Crippen molar-refractivity contribution in [1.29, 1.82) is 0 Å². The maximum Gasteiger partial charge on any atom is 0.245 e. The first-order valence-corrected chi connectivity index (χ1v) is 10.1. The summed E-state index contributed by atoms with van der Waals surface area (Å²) < 4.78 is 27.7. The molecular weight excluding hydrogens is 332 g/mol. The van der Waals surface area contributed by atoms with Crippen LogP contribution in [0, 0.1) is 13.8 Å². The van der Waals surface area contributed by atoms with E-state index in [1.54, 1.807) is 22.7 Å². The van der Waals surface area contributed by atoms with Gasteiger partial charge < -0.3 is 0 Å². The summed E-state index contributed by atoms with van der Waals surface area (Å²) in [6, 6.07) is 13.4. The number of sulfonamides is 1. The van der Waals surface area contributed by atoms with Crippen molar-refractivity contribution in [2.45, 2.75) is 38.0 Å². The largest absolute Gasteiger partial charge is 0.255 e. The van der Waals surface area contributed by atoms with Gasteiger partial charge in [0.05, 0.1) is 5.69 Å². The van der Waals surface area contributed by atoms with Gasteiger partial charge in [0.1, 0.15) is 4.90 Å². The van der Waals surface area contributed by atoms with Crippen molar-refractivity contribution < 1.29 is 8.42 Å². The van der Waals surface area contributed by atoms with Crippen molar-refractivity contribution in [3.63, 3.8) is 0 Å². The molecule has 0 amide bonds. The third-order valence-corrected chi connectivity index (χ3v) is 6.37. The zero-order valence-electron chi connectivity index (χ0n) is 14.8. The number of aliphatic imine (C=N–C) groups is 1. The van der Waals surface area contributed by atoms with Crippen LogP contribution in [0.4, 0.5) is 5.69 Å². The summed E-state index contributed by atoms with van der Waals surface area (Å²) in [6.45, 7) is 5.12. The first-order chi connectivity index (χ1) is 12.0. The first-order valence-electron chi connectivity index (χ1n) is 8.68. The van der Waals surface area contributed by atoms with Crippen LogP contribution in [0.25, 0.3) is 0 Å². The highest BCUT2D eigenvalue weighted by Crippen LogP contribution is 2.30. The lowest BCUT2D eigenvalue weighted by Gasteiger charge is -2.26. The topological polar surface area (TPSA) is 49.7 Å². The van der Waals surface area contributed by atoms with Crippen LogP contribution in [0.5, 0.6) is 0 Å². The second kappa shape index (κ2) is 7.50. The monoisotopic (exact) mass is 356 g/mol. The Morgan fingerprint density at radius 3 is 2.40 bits per heavy atom. The van der Waals surface area contributed by atoms with Crippen LogP contribution < -0.4 is 0 Å². The second-order valence-corrected chi connectivity index (χ2v) is 8.51. The quantitative estimate of drug-likeness (QED) is 0.770. The minimum atomic E-state index is -3.51. The molecule has 1 heterocycles. The fourth-order valence-corrected chi connectivity index (χ4v) is 4.81. The molecule has 25 heavy (non-hydrogen) atoms. The highest BCUT2D eigenvalue weighted by molar-refractivity contribution is 7.89. The van der Waals surface area contributed by atoms with Crippen LogP contribution in [0.3, 0.4) is 0 Å². The molecule has 0 atom stereocenters. The van der Waals surface area contributed by atoms with E-state index in [0.717, 1.165) is 36.0 Å². The van der Waals surface area contributed by atoms with Crippen molar-refractivity contribution in [3.8, 4) is 0 Å². The molecule has 0 N–H and O–H groups in total. The van der Waals surface area contributed by atoms with Crippen LogP contribution >= 0.6 is 0 Å². The lowest BCUT2D eigenvalue weighted by atomic mass is 10.1. The van der Waals surface area contributed by atoms with Gasteiger partial charge in [0.2, 0.25) is 10.0 Å². The molecule has 5 heteroatoms. The van der Waals surface area contributed by atoms with E-state index < -0.39 is 10.0 Å². The third kappa shape index (κ3) is 4.17. The van der Waals surface area contributed by atoms with Crippen LogP contribution in [0.15, 0.2) is 52.4 Å². The van der Waals surface area contributed by atoms with Gasteiger partial charge in [-0.15, -0.1) is 0 Å². The van der Waals surface area contributed by atoms with Gasteiger partial charge in [-0.25, -0.2) is 8.42 Å². The van der Waals surface area contributed by atoms with E-state index in [0.29, 0.717) is 23.7 Å². The first kappa shape index (κ1) is 17.8. The van der Waals surface area contributed by atoms with Crippen molar-refractivity contribution in [2.75, 3.05) is 13.1 Å². The van der Waals surface area contributed by atoms with E-state index >= 15 is 0 Å². The molecule has 0 aliphatic carbocycles. The lowest BCUT2D eigenvalue weighted by molar-refractivity contribution is 0.347. The Kier molecular flexibility index (Phi) is 5.35. The number of hydrogen-bond acceptors (Lipinski definition) is 3. The van der Waals surface area contributed by atoms with Gasteiger partial charge >= 0.3 is 0 Å². The van der Waals surface area contributed by atoms with Crippen LogP contribution in [0.1, 0.15) is 36.0 Å². The number of benzene rings is 2. The van der Waals surface area contributed by atoms with E-state index in [4.69, 9.17) is 0 Å². The predicted molar refractivity (Wildman–Crippen MR) is 102 cm³/mol. The average Bonchev–Trinajstić information content (AvgIpc) is 2.61. The Labute approximate surface area is 150 Å². The van der Waals surface area contributed by atoms with E-state index in [9.17, 15) is 8.42 Å². The Balaban J connectivity index is 1.98. The number of nitrogens with zero attached hydrogens (tertiary/aromatic N) is 2. The zero-order valence-corrected chi connectivity index (χ0v) is 15.6. The highest BCUT2D eigenvalue weighted by Gasteiger charge is 2.28. The van der Waals surface area contributed by atoms with E-state index in [2.05, 4.69) is 4.99 Å². The fraction of sp³-hybridized carbons (Fsp3) is 0.350. The van der Waals surface area contributed by atoms with Gasteiger partial charge in [-0.1, -0.05) is 42.3 Å². The summed E-state index contributed by atoms with van der Waals surface area (Å²) in [5.74, 6) is 0. The molecule has 1 fully saturated rings. The Hall–Kier alpha value is -1.98. The van der Waals surface area contributed by atoms with Crippen molar-refractivity contribution in [1.82, 2.24) is 4.31 Å². The number of hydrogen-bond donors (Lipinski definition) is 0. The van der Waals surface area contributed by atoms with Crippen LogP contribution in [-0.2, 0) is 10.0 Å². The molecule has 0 aromatic heterocycles. The lowest BCUT2D eigenvalue weighted by Crippen LogP contribution is -2.35. The number of rotatable bonds is 4. The number of piperidine rings is 1. The Bertz CT molecular complexity index is 882. The molecule has 1 aliphatic heterocycles. The van der Waals surface area contributed by atoms with Crippen LogP contribution in [0.2, 0.25) is 0 Å². The molecule has 1 saturated heterocycles. The normalized spacial score (nSPS) is 16.4. The van der Waals surface area contributed by atoms with Gasteiger partial charge in [-0.05, 0) is 49.9 Å². The molecule has 0 spiro atoms. The minimum Gasteiger partial charge on any atom is -0.255 e. The molecule has 0 unspecified atom stereocenters. The summed E-state index contributed by atoms with van der Waals surface area (Å²) in [5.41, 5.74) is 3.53. The summed E-state index contributed by atoms with van der Waals surface area (Å²) in [6.07, 6.45) is 4.67.